The van der Waals surface area contributed by atoms with Gasteiger partial charge in [-0.2, -0.15) is 0 Å². The molecule has 0 spiro atoms. The zero-order chi connectivity index (χ0) is 16.1. The van der Waals surface area contributed by atoms with Crippen LogP contribution in [0.25, 0.3) is 0 Å². The number of morpholine rings is 1. The van der Waals surface area contributed by atoms with Gasteiger partial charge in [0, 0.05) is 19.6 Å². The van der Waals surface area contributed by atoms with Crippen molar-refractivity contribution < 1.29 is 14.3 Å². The van der Waals surface area contributed by atoms with Gasteiger partial charge in [0.15, 0.2) is 0 Å². The third-order valence-corrected chi connectivity index (χ3v) is 4.76. The fourth-order valence-electron chi connectivity index (χ4n) is 3.47. The fraction of sp³-hybridized carbons (Fsp3) is 0.611. The van der Waals surface area contributed by atoms with Gasteiger partial charge in [-0.25, -0.2) is 0 Å². The zero-order valence-corrected chi connectivity index (χ0v) is 13.9. The lowest BCUT2D eigenvalue weighted by atomic mass is 9.95. The number of piperidine rings is 1. The van der Waals surface area contributed by atoms with Crippen LogP contribution < -0.4 is 4.74 Å². The van der Waals surface area contributed by atoms with Gasteiger partial charge in [0.05, 0.1) is 32.9 Å². The Labute approximate surface area is 138 Å². The van der Waals surface area contributed by atoms with Gasteiger partial charge in [-0.3, -0.25) is 9.69 Å². The van der Waals surface area contributed by atoms with Crippen molar-refractivity contribution in [3.05, 3.63) is 29.8 Å². The first-order valence-electron chi connectivity index (χ1n) is 8.51. The number of benzene rings is 1. The molecule has 5 nitrogen and oxygen atoms in total. The summed E-state index contributed by atoms with van der Waals surface area (Å²) in [5, 5.41) is 0. The Morgan fingerprint density at radius 3 is 2.87 bits per heavy atom. The second kappa shape index (κ2) is 7.79. The molecule has 2 aliphatic heterocycles. The van der Waals surface area contributed by atoms with E-state index in [4.69, 9.17) is 9.47 Å². The van der Waals surface area contributed by atoms with Crippen molar-refractivity contribution in [2.45, 2.75) is 25.3 Å². The Hall–Kier alpha value is -1.59. The molecule has 5 heteroatoms. The first-order chi connectivity index (χ1) is 11.3. The summed E-state index contributed by atoms with van der Waals surface area (Å²) in [5.74, 6) is 1.09. The number of carbonyl (C=O) groups is 1. The number of nitrogens with zero attached hydrogens (tertiary/aromatic N) is 2. The molecule has 2 aliphatic rings. The van der Waals surface area contributed by atoms with E-state index in [9.17, 15) is 4.79 Å². The number of methoxy groups -OCH3 is 1. The summed E-state index contributed by atoms with van der Waals surface area (Å²) in [6.07, 6.45) is 3.29. The summed E-state index contributed by atoms with van der Waals surface area (Å²) in [7, 11) is 1.68. The number of hydrogen-bond donors (Lipinski definition) is 0. The maximum absolute atomic E-state index is 12.8. The number of rotatable bonds is 4. The highest BCUT2D eigenvalue weighted by atomic mass is 16.5. The number of amides is 1. The molecule has 0 aliphatic carbocycles. The van der Waals surface area contributed by atoms with Crippen molar-refractivity contribution in [1.82, 2.24) is 9.80 Å². The van der Waals surface area contributed by atoms with E-state index in [1.54, 1.807) is 7.11 Å². The van der Waals surface area contributed by atoms with E-state index in [2.05, 4.69) is 21.9 Å². The topological polar surface area (TPSA) is 42.0 Å². The van der Waals surface area contributed by atoms with E-state index in [0.29, 0.717) is 6.54 Å². The Kier molecular flexibility index (Phi) is 5.51. The number of hydrogen-bond acceptors (Lipinski definition) is 4. The molecule has 1 aromatic carbocycles. The SMILES string of the molecule is COc1cccc([C@@H]2CCCCN2C(=O)CN2CCOCC2)c1. The van der Waals surface area contributed by atoms with E-state index < -0.39 is 0 Å². The molecule has 3 rings (SSSR count). The normalized spacial score (nSPS) is 22.8. The summed E-state index contributed by atoms with van der Waals surface area (Å²) >= 11 is 0. The van der Waals surface area contributed by atoms with Crippen molar-refractivity contribution in [1.29, 1.82) is 0 Å². The van der Waals surface area contributed by atoms with E-state index in [1.165, 1.54) is 12.0 Å². The largest absolute Gasteiger partial charge is 0.497 e. The summed E-state index contributed by atoms with van der Waals surface area (Å²) in [6.45, 7) is 4.51. The van der Waals surface area contributed by atoms with Crippen LogP contribution in [0.5, 0.6) is 5.75 Å². The molecule has 0 aromatic heterocycles. The van der Waals surface area contributed by atoms with Gasteiger partial charge >= 0.3 is 0 Å². The lowest BCUT2D eigenvalue weighted by Gasteiger charge is -2.38. The summed E-state index contributed by atoms with van der Waals surface area (Å²) in [4.78, 5) is 17.1. The molecule has 2 heterocycles. The molecule has 23 heavy (non-hydrogen) atoms. The minimum atomic E-state index is 0.174. The first kappa shape index (κ1) is 16.3. The Balaban J connectivity index is 1.71. The summed E-state index contributed by atoms with van der Waals surface area (Å²) in [5.41, 5.74) is 1.18. The monoisotopic (exact) mass is 318 g/mol. The highest BCUT2D eigenvalue weighted by molar-refractivity contribution is 5.79. The zero-order valence-electron chi connectivity index (χ0n) is 13.9. The van der Waals surface area contributed by atoms with Crippen LogP contribution >= 0.6 is 0 Å². The smallest absolute Gasteiger partial charge is 0.237 e. The maximum atomic E-state index is 12.8. The Morgan fingerprint density at radius 2 is 2.09 bits per heavy atom. The number of ether oxygens (including phenoxy) is 2. The van der Waals surface area contributed by atoms with Gasteiger partial charge in [0.25, 0.3) is 0 Å². The fourth-order valence-corrected chi connectivity index (χ4v) is 3.47. The van der Waals surface area contributed by atoms with Crippen LogP contribution in [0.2, 0.25) is 0 Å². The molecule has 0 N–H and O–H groups in total. The van der Waals surface area contributed by atoms with Crippen LogP contribution in [0.4, 0.5) is 0 Å². The molecule has 2 fully saturated rings. The molecule has 126 valence electrons. The van der Waals surface area contributed by atoms with Gasteiger partial charge in [-0.15, -0.1) is 0 Å². The second-order valence-electron chi connectivity index (χ2n) is 6.26. The second-order valence-corrected chi connectivity index (χ2v) is 6.26. The molecule has 0 radical (unpaired) electrons. The minimum absolute atomic E-state index is 0.174. The van der Waals surface area contributed by atoms with E-state index >= 15 is 0 Å². The lowest BCUT2D eigenvalue weighted by molar-refractivity contribution is -0.137. The standard InChI is InChI=1S/C18H26N2O3/c1-22-16-6-4-5-15(13-16)17-7-2-3-8-20(17)18(21)14-19-9-11-23-12-10-19/h4-6,13,17H,2-3,7-12,14H2,1H3/t17-/m0/s1. The van der Waals surface area contributed by atoms with Crippen molar-refractivity contribution in [2.24, 2.45) is 0 Å². The van der Waals surface area contributed by atoms with Crippen LogP contribution in [-0.2, 0) is 9.53 Å². The van der Waals surface area contributed by atoms with Crippen LogP contribution in [-0.4, -0.2) is 62.2 Å². The molecule has 0 unspecified atom stereocenters. The highest BCUT2D eigenvalue weighted by Crippen LogP contribution is 2.32. The molecule has 0 saturated carbocycles. The molecule has 2 saturated heterocycles. The minimum Gasteiger partial charge on any atom is -0.497 e. The molecule has 1 atom stereocenters. The molecular weight excluding hydrogens is 292 g/mol. The Bertz CT molecular complexity index is 529. The predicted molar refractivity (Wildman–Crippen MR) is 88.6 cm³/mol. The van der Waals surface area contributed by atoms with Crippen molar-refractivity contribution in [3.63, 3.8) is 0 Å². The number of carbonyl (C=O) groups excluding carboxylic acids is 1. The van der Waals surface area contributed by atoms with Crippen LogP contribution in [0.3, 0.4) is 0 Å². The molecule has 0 bridgehead atoms. The van der Waals surface area contributed by atoms with Crippen molar-refractivity contribution in [3.8, 4) is 5.75 Å². The number of likely N-dealkylation sites (tertiary alicyclic amines) is 1. The lowest BCUT2D eigenvalue weighted by Crippen LogP contribution is -2.47. The van der Waals surface area contributed by atoms with Crippen LogP contribution in [0.15, 0.2) is 24.3 Å². The average molecular weight is 318 g/mol. The third kappa shape index (κ3) is 4.03. The average Bonchev–Trinajstić information content (AvgIpc) is 2.62. The quantitative estimate of drug-likeness (QED) is 0.852. The maximum Gasteiger partial charge on any atom is 0.237 e. The van der Waals surface area contributed by atoms with Gasteiger partial charge in [-0.05, 0) is 37.0 Å². The van der Waals surface area contributed by atoms with Gasteiger partial charge in [-0.1, -0.05) is 12.1 Å². The van der Waals surface area contributed by atoms with Crippen molar-refractivity contribution >= 4 is 5.91 Å². The van der Waals surface area contributed by atoms with Gasteiger partial charge in [0.1, 0.15) is 5.75 Å². The van der Waals surface area contributed by atoms with Crippen LogP contribution in [0, 0.1) is 0 Å². The first-order valence-corrected chi connectivity index (χ1v) is 8.51. The van der Waals surface area contributed by atoms with Gasteiger partial charge in [0.2, 0.25) is 5.91 Å². The van der Waals surface area contributed by atoms with E-state index in [-0.39, 0.29) is 11.9 Å². The Morgan fingerprint density at radius 1 is 1.26 bits per heavy atom. The van der Waals surface area contributed by atoms with E-state index in [0.717, 1.165) is 51.4 Å². The summed E-state index contributed by atoms with van der Waals surface area (Å²) < 4.78 is 10.7. The summed E-state index contributed by atoms with van der Waals surface area (Å²) in [6, 6.07) is 8.30. The highest BCUT2D eigenvalue weighted by Gasteiger charge is 2.29. The van der Waals surface area contributed by atoms with Crippen molar-refractivity contribution in [2.75, 3.05) is 46.5 Å². The molecular formula is C18H26N2O3. The third-order valence-electron chi connectivity index (χ3n) is 4.76. The molecule has 1 amide bonds. The van der Waals surface area contributed by atoms with Gasteiger partial charge < -0.3 is 14.4 Å². The molecule has 1 aromatic rings. The van der Waals surface area contributed by atoms with Crippen LogP contribution in [0.1, 0.15) is 30.9 Å². The van der Waals surface area contributed by atoms with E-state index in [1.807, 2.05) is 12.1 Å². The predicted octanol–water partition coefficient (Wildman–Crippen LogP) is 2.08.